The normalized spacial score (nSPS) is 11.1. The number of aliphatic imine (C=N–C) groups is 1. The predicted molar refractivity (Wildman–Crippen MR) is 89.8 cm³/mol. The van der Waals surface area contributed by atoms with Crippen molar-refractivity contribution >= 4 is 28.5 Å². The number of hydrogen-bond acceptors (Lipinski definition) is 3. The number of aromatic nitrogens is 1. The lowest BCUT2D eigenvalue weighted by molar-refractivity contribution is 1.13. The van der Waals surface area contributed by atoms with E-state index in [9.17, 15) is 0 Å². The molecule has 3 nitrogen and oxygen atoms in total. The highest BCUT2D eigenvalue weighted by molar-refractivity contribution is 5.86. The number of anilines is 1. The Balaban J connectivity index is 1.83. The van der Waals surface area contributed by atoms with Crippen molar-refractivity contribution in [3.63, 3.8) is 0 Å². The van der Waals surface area contributed by atoms with E-state index in [0.717, 1.165) is 22.2 Å². The maximum absolute atomic E-state index is 4.53. The lowest BCUT2D eigenvalue weighted by Crippen LogP contribution is -2.08. The number of fused-ring (bicyclic) bond motifs is 1. The molecule has 0 radical (unpaired) electrons. The van der Waals surface area contributed by atoms with Crippen LogP contribution < -0.4 is 4.90 Å². The van der Waals surface area contributed by atoms with Crippen molar-refractivity contribution in [2.45, 2.75) is 0 Å². The number of benzene rings is 2. The first kappa shape index (κ1) is 13.3. The second-order valence-electron chi connectivity index (χ2n) is 5.12. The molecule has 0 N–H and O–H groups in total. The quantitative estimate of drug-likeness (QED) is 0.675. The minimum atomic E-state index is 0.937. The van der Waals surface area contributed by atoms with Crippen LogP contribution in [0.4, 0.5) is 11.4 Å². The van der Waals surface area contributed by atoms with Crippen molar-refractivity contribution in [3.8, 4) is 0 Å². The summed E-state index contributed by atoms with van der Waals surface area (Å²) in [4.78, 5) is 10.9. The third-order valence-electron chi connectivity index (χ3n) is 3.36. The van der Waals surface area contributed by atoms with E-state index in [2.05, 4.69) is 39.1 Å². The first-order valence-corrected chi connectivity index (χ1v) is 6.89. The zero-order valence-corrected chi connectivity index (χ0v) is 12.2. The zero-order chi connectivity index (χ0) is 14.7. The van der Waals surface area contributed by atoms with Crippen LogP contribution in [0.5, 0.6) is 0 Å². The van der Waals surface area contributed by atoms with Crippen LogP contribution >= 0.6 is 0 Å². The molecule has 0 spiro atoms. The minimum Gasteiger partial charge on any atom is -0.378 e. The highest BCUT2D eigenvalue weighted by Crippen LogP contribution is 2.19. The van der Waals surface area contributed by atoms with E-state index in [1.54, 1.807) is 6.20 Å². The summed E-state index contributed by atoms with van der Waals surface area (Å²) in [6.07, 6.45) is 3.69. The summed E-state index contributed by atoms with van der Waals surface area (Å²) in [5.41, 5.74) is 4.20. The highest BCUT2D eigenvalue weighted by atomic mass is 15.1. The van der Waals surface area contributed by atoms with E-state index >= 15 is 0 Å². The smallest absolute Gasteiger partial charge is 0.0703 e. The van der Waals surface area contributed by atoms with Gasteiger partial charge in [0.05, 0.1) is 11.2 Å². The van der Waals surface area contributed by atoms with Gasteiger partial charge >= 0.3 is 0 Å². The molecule has 0 aliphatic rings. The van der Waals surface area contributed by atoms with E-state index in [-0.39, 0.29) is 0 Å². The Morgan fingerprint density at radius 2 is 1.81 bits per heavy atom. The van der Waals surface area contributed by atoms with Crippen molar-refractivity contribution in [3.05, 3.63) is 66.4 Å². The fraction of sp³-hybridized carbons (Fsp3) is 0.111. The molecule has 0 bridgehead atoms. The molecule has 104 valence electrons. The average molecular weight is 275 g/mol. The summed E-state index contributed by atoms with van der Waals surface area (Å²) in [7, 11) is 4.07. The Bertz CT molecular complexity index is 774. The molecule has 1 heterocycles. The van der Waals surface area contributed by atoms with Gasteiger partial charge in [0.15, 0.2) is 0 Å². The lowest BCUT2D eigenvalue weighted by atomic mass is 10.2. The molecule has 0 aliphatic heterocycles. The Morgan fingerprint density at radius 1 is 1.00 bits per heavy atom. The Labute approximate surface area is 124 Å². The van der Waals surface area contributed by atoms with Crippen molar-refractivity contribution < 1.29 is 0 Å². The fourth-order valence-corrected chi connectivity index (χ4v) is 2.15. The van der Waals surface area contributed by atoms with Crippen molar-refractivity contribution in [1.82, 2.24) is 4.98 Å². The van der Waals surface area contributed by atoms with Gasteiger partial charge in [0.2, 0.25) is 0 Å². The highest BCUT2D eigenvalue weighted by Gasteiger charge is 1.96. The average Bonchev–Trinajstić information content (AvgIpc) is 2.53. The van der Waals surface area contributed by atoms with Gasteiger partial charge in [-0.3, -0.25) is 9.98 Å². The van der Waals surface area contributed by atoms with Gasteiger partial charge in [-0.1, -0.05) is 18.2 Å². The Kier molecular flexibility index (Phi) is 3.65. The summed E-state index contributed by atoms with van der Waals surface area (Å²) in [5.74, 6) is 0. The fourth-order valence-electron chi connectivity index (χ4n) is 2.15. The summed E-state index contributed by atoms with van der Waals surface area (Å²) < 4.78 is 0. The molecule has 0 aliphatic carbocycles. The van der Waals surface area contributed by atoms with Gasteiger partial charge in [0.25, 0.3) is 0 Å². The first-order valence-electron chi connectivity index (χ1n) is 6.89. The van der Waals surface area contributed by atoms with Gasteiger partial charge in [0.1, 0.15) is 0 Å². The van der Waals surface area contributed by atoms with Crippen molar-refractivity contribution in [2.24, 2.45) is 4.99 Å². The van der Waals surface area contributed by atoms with E-state index in [1.165, 1.54) is 5.69 Å². The van der Waals surface area contributed by atoms with E-state index in [1.807, 2.05) is 50.6 Å². The molecule has 0 saturated carbocycles. The number of nitrogens with zero attached hydrogens (tertiary/aromatic N) is 3. The molecular formula is C18H17N3. The van der Waals surface area contributed by atoms with Gasteiger partial charge in [-0.25, -0.2) is 0 Å². The van der Waals surface area contributed by atoms with E-state index < -0.39 is 0 Å². The molecule has 1 aromatic heterocycles. The van der Waals surface area contributed by atoms with Gasteiger partial charge < -0.3 is 4.90 Å². The van der Waals surface area contributed by atoms with Crippen LogP contribution in [-0.2, 0) is 0 Å². The maximum atomic E-state index is 4.53. The summed E-state index contributed by atoms with van der Waals surface area (Å²) in [5, 5.41) is 1.11. The van der Waals surface area contributed by atoms with Crippen molar-refractivity contribution in [1.29, 1.82) is 0 Å². The zero-order valence-electron chi connectivity index (χ0n) is 12.2. The molecule has 2 aromatic carbocycles. The number of hydrogen-bond donors (Lipinski definition) is 0. The third-order valence-corrected chi connectivity index (χ3v) is 3.36. The van der Waals surface area contributed by atoms with Gasteiger partial charge in [-0.15, -0.1) is 0 Å². The molecule has 0 amide bonds. The molecule has 3 heteroatoms. The molecule has 21 heavy (non-hydrogen) atoms. The molecule has 0 atom stereocenters. The van der Waals surface area contributed by atoms with Gasteiger partial charge in [-0.2, -0.15) is 0 Å². The van der Waals surface area contributed by atoms with E-state index in [4.69, 9.17) is 0 Å². The lowest BCUT2D eigenvalue weighted by Gasteiger charge is -2.11. The molecule has 3 rings (SSSR count). The Morgan fingerprint density at radius 3 is 2.57 bits per heavy atom. The third kappa shape index (κ3) is 3.08. The molecule has 3 aromatic rings. The largest absolute Gasteiger partial charge is 0.378 e. The second-order valence-corrected chi connectivity index (χ2v) is 5.12. The maximum Gasteiger partial charge on any atom is 0.0703 e. The van der Waals surface area contributed by atoms with Crippen LogP contribution in [0.1, 0.15) is 5.56 Å². The van der Waals surface area contributed by atoms with Crippen LogP contribution in [0.25, 0.3) is 10.9 Å². The topological polar surface area (TPSA) is 28.5 Å². The van der Waals surface area contributed by atoms with E-state index in [0.29, 0.717) is 0 Å². The molecule has 0 saturated heterocycles. The minimum absolute atomic E-state index is 0.937. The van der Waals surface area contributed by atoms with Crippen LogP contribution in [-0.4, -0.2) is 25.3 Å². The number of pyridine rings is 1. The van der Waals surface area contributed by atoms with Crippen LogP contribution in [0, 0.1) is 0 Å². The standard InChI is InChI=1S/C18H17N3/c1-21(2)17-8-5-14(6-9-17)13-20-16-7-10-18-15(12-16)4-3-11-19-18/h3-13H,1-2H3. The predicted octanol–water partition coefficient (Wildman–Crippen LogP) is 4.05. The Hall–Kier alpha value is -2.68. The SMILES string of the molecule is CN(C)c1ccc(C=Nc2ccc3ncccc3c2)cc1. The summed E-state index contributed by atoms with van der Waals surface area (Å²) in [6, 6.07) is 18.3. The van der Waals surface area contributed by atoms with Crippen LogP contribution in [0.2, 0.25) is 0 Å². The first-order chi connectivity index (χ1) is 10.2. The summed E-state index contributed by atoms with van der Waals surface area (Å²) in [6.45, 7) is 0. The monoisotopic (exact) mass is 275 g/mol. The van der Waals surface area contributed by atoms with Crippen molar-refractivity contribution in [2.75, 3.05) is 19.0 Å². The van der Waals surface area contributed by atoms with Crippen LogP contribution in [0.15, 0.2) is 65.8 Å². The van der Waals surface area contributed by atoms with Gasteiger partial charge in [0, 0.05) is 37.6 Å². The van der Waals surface area contributed by atoms with Gasteiger partial charge in [-0.05, 0) is 42.0 Å². The summed E-state index contributed by atoms with van der Waals surface area (Å²) >= 11 is 0. The molecule has 0 unspecified atom stereocenters. The van der Waals surface area contributed by atoms with Crippen LogP contribution in [0.3, 0.4) is 0 Å². The molecular weight excluding hydrogens is 258 g/mol. The number of rotatable bonds is 3. The molecule has 0 fully saturated rings. The second kappa shape index (κ2) is 5.75.